The molecule has 0 fully saturated rings. The molecule has 0 saturated heterocycles. The number of fused-ring (bicyclic) bond motifs is 1. The molecule has 1 atom stereocenters. The molecule has 0 aromatic carbocycles. The Morgan fingerprint density at radius 1 is 1.29 bits per heavy atom. The Labute approximate surface area is 139 Å². The second-order valence-electron chi connectivity index (χ2n) is 4.58. The predicted molar refractivity (Wildman–Crippen MR) is 86.4 cm³/mol. The van der Waals surface area contributed by atoms with Crippen LogP contribution >= 0.6 is 11.3 Å². The Hall–Kier alpha value is -3.05. The van der Waals surface area contributed by atoms with Gasteiger partial charge >= 0.3 is 0 Å². The molecule has 24 heavy (non-hydrogen) atoms. The number of carbonyl (C=O) groups excluding carboxylic acids is 2. The Bertz CT molecular complexity index is 952. The smallest absolute Gasteiger partial charge is 0.272 e. The molecule has 3 rings (SSSR count). The van der Waals surface area contributed by atoms with Crippen LogP contribution in [0.15, 0.2) is 23.5 Å². The molecule has 0 radical (unpaired) electrons. The molecule has 1 unspecified atom stereocenters. The van der Waals surface area contributed by atoms with E-state index in [2.05, 4.69) is 30.2 Å². The summed E-state index contributed by atoms with van der Waals surface area (Å²) in [6.45, 7) is 1.74. The number of aromatic nitrogens is 5. The van der Waals surface area contributed by atoms with Crippen LogP contribution in [0.3, 0.4) is 0 Å². The fraction of sp³-hybridized carbons (Fsp3) is 0.154. The zero-order valence-electron chi connectivity index (χ0n) is 12.5. The number of aldehydes is 1. The molecule has 3 aromatic rings. The summed E-state index contributed by atoms with van der Waals surface area (Å²) in [5.74, 6) is -0.479. The zero-order valence-corrected chi connectivity index (χ0v) is 13.3. The van der Waals surface area contributed by atoms with E-state index in [4.69, 9.17) is 0 Å². The van der Waals surface area contributed by atoms with Gasteiger partial charge in [0.15, 0.2) is 17.6 Å². The van der Waals surface area contributed by atoms with Crippen molar-refractivity contribution in [2.24, 2.45) is 0 Å². The number of hydrogen-bond acceptors (Lipinski definition) is 9. The van der Waals surface area contributed by atoms with Gasteiger partial charge in [-0.2, -0.15) is 0 Å². The summed E-state index contributed by atoms with van der Waals surface area (Å²) < 4.78 is 0. The van der Waals surface area contributed by atoms with Crippen LogP contribution in [0.25, 0.3) is 11.2 Å². The van der Waals surface area contributed by atoms with Crippen LogP contribution < -0.4 is 17.0 Å². The average molecular weight is 347 g/mol. The van der Waals surface area contributed by atoms with Crippen LogP contribution in [-0.4, -0.2) is 37.1 Å². The highest BCUT2D eigenvalue weighted by molar-refractivity contribution is 7.13. The lowest BCUT2D eigenvalue weighted by molar-refractivity contribution is 0.0936. The van der Waals surface area contributed by atoms with Gasteiger partial charge in [-0.15, -0.1) is 11.3 Å². The molecule has 0 bridgehead atoms. The molecular weight excluding hydrogens is 334 g/mol. The van der Waals surface area contributed by atoms with Crippen molar-refractivity contribution >= 4 is 34.7 Å². The first-order valence-corrected chi connectivity index (χ1v) is 7.32. The number of aromatic amines is 1. The van der Waals surface area contributed by atoms with Gasteiger partial charge in [-0.3, -0.25) is 14.4 Å². The van der Waals surface area contributed by atoms with Gasteiger partial charge in [0.25, 0.3) is 11.5 Å². The van der Waals surface area contributed by atoms with Crippen LogP contribution in [0, 0.1) is 0 Å². The van der Waals surface area contributed by atoms with Crippen molar-refractivity contribution in [2.45, 2.75) is 13.0 Å². The second kappa shape index (κ2) is 7.02. The third kappa shape index (κ3) is 3.31. The van der Waals surface area contributed by atoms with Crippen LogP contribution in [0.4, 0.5) is 0 Å². The Morgan fingerprint density at radius 2 is 2.08 bits per heavy atom. The molecule has 11 heteroatoms. The maximum atomic E-state index is 12.4. The van der Waals surface area contributed by atoms with E-state index in [1.807, 2.05) is 0 Å². The Balaban J connectivity index is 0.00000208. The van der Waals surface area contributed by atoms with Crippen LogP contribution in [0.5, 0.6) is 0 Å². The van der Waals surface area contributed by atoms with Crippen LogP contribution in [0.1, 0.15) is 38.1 Å². The summed E-state index contributed by atoms with van der Waals surface area (Å²) in [6, 6.07) is -0.408. The van der Waals surface area contributed by atoms with Gasteiger partial charge < -0.3 is 16.5 Å². The maximum absolute atomic E-state index is 12.4. The maximum Gasteiger partial charge on any atom is 0.272 e. The van der Waals surface area contributed by atoms with Gasteiger partial charge in [0, 0.05) is 6.20 Å². The number of nitrogens with zero attached hydrogens (tertiary/aromatic N) is 4. The molecule has 3 aromatic heterocycles. The van der Waals surface area contributed by atoms with Crippen molar-refractivity contribution in [3.8, 4) is 0 Å². The molecule has 0 saturated carbocycles. The Kier molecular flexibility index (Phi) is 5.06. The van der Waals surface area contributed by atoms with Gasteiger partial charge in [0.2, 0.25) is 0 Å². The van der Waals surface area contributed by atoms with E-state index >= 15 is 0 Å². The number of carbonyl (C=O) groups is 2. The third-order valence-corrected chi connectivity index (χ3v) is 4.07. The number of H-pyrrole nitrogens is 1. The van der Waals surface area contributed by atoms with E-state index in [0.29, 0.717) is 16.2 Å². The summed E-state index contributed by atoms with van der Waals surface area (Å²) in [7, 11) is 0. The fourth-order valence-electron chi connectivity index (χ4n) is 1.91. The first-order chi connectivity index (χ1) is 11.1. The molecule has 3 heterocycles. The van der Waals surface area contributed by atoms with Crippen molar-refractivity contribution < 1.29 is 9.59 Å². The molecule has 0 aliphatic rings. The Morgan fingerprint density at radius 3 is 2.79 bits per heavy atom. The summed E-state index contributed by atoms with van der Waals surface area (Å²) in [5, 5.41) is 3.32. The lowest BCUT2D eigenvalue weighted by Gasteiger charge is -2.11. The second-order valence-corrected chi connectivity index (χ2v) is 5.67. The lowest BCUT2D eigenvalue weighted by atomic mass is 10.3. The monoisotopic (exact) mass is 347 g/mol. The van der Waals surface area contributed by atoms with Gasteiger partial charge in [-0.1, -0.05) is 0 Å². The number of hydrogen-bond donors (Lipinski definition) is 3. The van der Waals surface area contributed by atoms with Crippen molar-refractivity contribution in [3.05, 3.63) is 44.7 Å². The van der Waals surface area contributed by atoms with E-state index in [-0.39, 0.29) is 23.0 Å². The van der Waals surface area contributed by atoms with E-state index < -0.39 is 17.5 Å². The molecule has 10 nitrogen and oxygen atoms in total. The first kappa shape index (κ1) is 17.3. The summed E-state index contributed by atoms with van der Waals surface area (Å²) >= 11 is 1.19. The van der Waals surface area contributed by atoms with Crippen molar-refractivity contribution in [3.63, 3.8) is 0 Å². The third-order valence-electron chi connectivity index (χ3n) is 2.97. The summed E-state index contributed by atoms with van der Waals surface area (Å²) in [6.07, 6.45) is 4.38. The van der Waals surface area contributed by atoms with Crippen molar-refractivity contribution in [1.82, 2.24) is 36.4 Å². The standard InChI is InChI=1S/C13H10N6O3S.H3N/c1-6(13-15-2-7(4-20)23-13)18-12(22)10-9-11(17-5-16-10)19-8(21)3-14-9;/h2-6H,1H3,(H,18,22)(H,16,17,19,21);1H3. The number of nitrogens with one attached hydrogen (secondary N) is 2. The fourth-order valence-corrected chi connectivity index (χ4v) is 2.65. The van der Waals surface area contributed by atoms with Crippen molar-refractivity contribution in [2.75, 3.05) is 0 Å². The summed E-state index contributed by atoms with van der Waals surface area (Å²) in [5.41, 5.74) is 0.0117. The molecule has 0 aliphatic carbocycles. The van der Waals surface area contributed by atoms with Crippen LogP contribution in [0.2, 0.25) is 0 Å². The molecule has 124 valence electrons. The number of rotatable bonds is 4. The summed E-state index contributed by atoms with van der Waals surface area (Å²) in [4.78, 5) is 53.1. The molecule has 1 amide bonds. The van der Waals surface area contributed by atoms with Gasteiger partial charge in [-0.25, -0.2) is 19.9 Å². The van der Waals surface area contributed by atoms with Gasteiger partial charge in [-0.05, 0) is 6.92 Å². The molecule has 5 N–H and O–H groups in total. The topological polar surface area (TPSA) is 166 Å². The normalized spacial score (nSPS) is 11.5. The highest BCUT2D eigenvalue weighted by atomic mass is 32.1. The van der Waals surface area contributed by atoms with Gasteiger partial charge in [0.1, 0.15) is 16.9 Å². The lowest BCUT2D eigenvalue weighted by Crippen LogP contribution is -2.28. The zero-order chi connectivity index (χ0) is 16.4. The SMILES string of the molecule is CC(NC(=O)c1ncnc2[nH]c(=O)cnc12)c1ncc(C=O)s1.N. The van der Waals surface area contributed by atoms with E-state index in [1.54, 1.807) is 6.92 Å². The minimum absolute atomic E-state index is 0. The van der Waals surface area contributed by atoms with E-state index in [0.717, 1.165) is 6.20 Å². The quantitative estimate of drug-likeness (QED) is 0.578. The van der Waals surface area contributed by atoms with E-state index in [9.17, 15) is 14.4 Å². The minimum Gasteiger partial charge on any atom is -0.344 e. The highest BCUT2D eigenvalue weighted by Gasteiger charge is 2.18. The van der Waals surface area contributed by atoms with Gasteiger partial charge in [0.05, 0.1) is 17.1 Å². The van der Waals surface area contributed by atoms with Crippen LogP contribution in [-0.2, 0) is 0 Å². The minimum atomic E-state index is -0.479. The largest absolute Gasteiger partial charge is 0.344 e. The molecular formula is C13H13N7O3S. The average Bonchev–Trinajstić information content (AvgIpc) is 3.03. The van der Waals surface area contributed by atoms with E-state index in [1.165, 1.54) is 23.9 Å². The molecule has 0 spiro atoms. The number of amides is 1. The van der Waals surface area contributed by atoms with Crippen molar-refractivity contribution in [1.29, 1.82) is 0 Å². The predicted octanol–water partition coefficient (Wildman–Crippen LogP) is 0.635. The number of thiazole rings is 1. The molecule has 0 aliphatic heterocycles. The first-order valence-electron chi connectivity index (χ1n) is 6.50. The highest BCUT2D eigenvalue weighted by Crippen LogP contribution is 2.19.